The Morgan fingerprint density at radius 1 is 1.35 bits per heavy atom. The molecule has 0 unspecified atom stereocenters. The quantitative estimate of drug-likeness (QED) is 0.467. The van der Waals surface area contributed by atoms with Crippen LogP contribution in [0.3, 0.4) is 0 Å². The lowest BCUT2D eigenvalue weighted by Gasteiger charge is -2.36. The van der Waals surface area contributed by atoms with Crippen molar-refractivity contribution in [3.8, 4) is 0 Å². The summed E-state index contributed by atoms with van der Waals surface area (Å²) in [5.74, 6) is 4.78. The third kappa shape index (κ3) is 3.75. The van der Waals surface area contributed by atoms with Crippen LogP contribution in [0, 0.1) is 0 Å². The first-order valence-electron chi connectivity index (χ1n) is 7.03. The molecule has 1 amide bonds. The van der Waals surface area contributed by atoms with Gasteiger partial charge in [-0.2, -0.15) is 0 Å². The fourth-order valence-corrected chi connectivity index (χ4v) is 2.43. The molecule has 2 rings (SSSR count). The van der Waals surface area contributed by atoms with Crippen LogP contribution in [-0.2, 0) is 6.54 Å². The Labute approximate surface area is 119 Å². The molecular weight excluding hydrogens is 254 g/mol. The van der Waals surface area contributed by atoms with Crippen molar-refractivity contribution in [2.24, 2.45) is 5.84 Å². The van der Waals surface area contributed by atoms with E-state index in [2.05, 4.69) is 34.1 Å². The van der Waals surface area contributed by atoms with Crippen molar-refractivity contribution in [2.45, 2.75) is 26.4 Å². The van der Waals surface area contributed by atoms with E-state index in [0.717, 1.165) is 38.4 Å². The normalized spacial score (nSPS) is 17.4. The zero-order chi connectivity index (χ0) is 14.5. The summed E-state index contributed by atoms with van der Waals surface area (Å²) in [5, 5.41) is 0. The Morgan fingerprint density at radius 3 is 2.65 bits per heavy atom. The van der Waals surface area contributed by atoms with Gasteiger partial charge in [-0.1, -0.05) is 6.07 Å². The first-order chi connectivity index (χ1) is 9.60. The number of hydrazine groups is 1. The molecule has 0 spiro atoms. The first kappa shape index (κ1) is 14.9. The fraction of sp³-hybridized carbons (Fsp3) is 0.571. The monoisotopic (exact) mass is 277 g/mol. The molecule has 0 saturated carbocycles. The van der Waals surface area contributed by atoms with Gasteiger partial charge in [0.15, 0.2) is 0 Å². The van der Waals surface area contributed by atoms with Crippen molar-refractivity contribution >= 4 is 5.91 Å². The second-order valence-electron chi connectivity index (χ2n) is 5.39. The minimum absolute atomic E-state index is 0.350. The number of hydrogen-bond acceptors (Lipinski definition) is 5. The van der Waals surface area contributed by atoms with E-state index in [0.29, 0.717) is 11.7 Å². The predicted molar refractivity (Wildman–Crippen MR) is 77.9 cm³/mol. The summed E-state index contributed by atoms with van der Waals surface area (Å²) in [4.78, 5) is 20.6. The molecule has 0 atom stereocenters. The molecule has 1 aromatic heterocycles. The van der Waals surface area contributed by atoms with Crippen LogP contribution in [0.4, 0.5) is 0 Å². The average Bonchev–Trinajstić information content (AvgIpc) is 2.47. The van der Waals surface area contributed by atoms with E-state index in [1.807, 2.05) is 12.1 Å². The molecule has 0 radical (unpaired) electrons. The van der Waals surface area contributed by atoms with Gasteiger partial charge in [0.2, 0.25) is 0 Å². The highest BCUT2D eigenvalue weighted by atomic mass is 16.2. The van der Waals surface area contributed by atoms with Gasteiger partial charge in [0.05, 0.1) is 5.69 Å². The molecule has 0 bridgehead atoms. The Balaban J connectivity index is 1.93. The molecule has 0 aromatic carbocycles. The van der Waals surface area contributed by atoms with E-state index in [1.54, 1.807) is 6.07 Å². The van der Waals surface area contributed by atoms with Gasteiger partial charge in [0, 0.05) is 38.8 Å². The maximum atomic E-state index is 11.5. The summed E-state index contributed by atoms with van der Waals surface area (Å²) in [7, 11) is 0. The van der Waals surface area contributed by atoms with Crippen molar-refractivity contribution in [3.63, 3.8) is 0 Å². The predicted octanol–water partition coefficient (Wildman–Crippen LogP) is 0.211. The lowest BCUT2D eigenvalue weighted by atomic mass is 10.2. The zero-order valence-electron chi connectivity index (χ0n) is 12.2. The van der Waals surface area contributed by atoms with Gasteiger partial charge in [-0.25, -0.2) is 10.8 Å². The molecule has 6 nitrogen and oxygen atoms in total. The van der Waals surface area contributed by atoms with Gasteiger partial charge >= 0.3 is 0 Å². The molecule has 0 aliphatic carbocycles. The number of nitrogens with one attached hydrogen (secondary N) is 1. The molecule has 2 heterocycles. The van der Waals surface area contributed by atoms with Gasteiger partial charge in [-0.15, -0.1) is 0 Å². The number of rotatable bonds is 4. The highest BCUT2D eigenvalue weighted by Gasteiger charge is 2.19. The summed E-state index contributed by atoms with van der Waals surface area (Å²) in [6.45, 7) is 9.47. The molecule has 1 aromatic rings. The number of amides is 1. The fourth-order valence-electron chi connectivity index (χ4n) is 2.43. The SMILES string of the molecule is CC(C)N1CCN(Cc2cccc(C(=O)NN)n2)CC1. The molecule has 1 fully saturated rings. The molecule has 1 aliphatic rings. The largest absolute Gasteiger partial charge is 0.298 e. The molecule has 1 saturated heterocycles. The van der Waals surface area contributed by atoms with E-state index >= 15 is 0 Å². The molecule has 110 valence electrons. The van der Waals surface area contributed by atoms with Gasteiger partial charge in [0.25, 0.3) is 5.91 Å². The number of nitrogen functional groups attached to an aromatic ring is 1. The van der Waals surface area contributed by atoms with Crippen LogP contribution < -0.4 is 11.3 Å². The number of carbonyl (C=O) groups is 1. The summed E-state index contributed by atoms with van der Waals surface area (Å²) >= 11 is 0. The Hall–Kier alpha value is -1.50. The van der Waals surface area contributed by atoms with E-state index in [-0.39, 0.29) is 5.91 Å². The van der Waals surface area contributed by atoms with Crippen LogP contribution >= 0.6 is 0 Å². The second-order valence-corrected chi connectivity index (χ2v) is 5.39. The topological polar surface area (TPSA) is 74.5 Å². The third-order valence-electron chi connectivity index (χ3n) is 3.69. The Kier molecular flexibility index (Phi) is 5.05. The summed E-state index contributed by atoms with van der Waals surface area (Å²) in [5.41, 5.74) is 3.38. The number of carbonyl (C=O) groups excluding carboxylic acids is 1. The van der Waals surface area contributed by atoms with Crippen LogP contribution in [0.1, 0.15) is 30.0 Å². The van der Waals surface area contributed by atoms with E-state index < -0.39 is 0 Å². The van der Waals surface area contributed by atoms with Crippen LogP contribution in [0.25, 0.3) is 0 Å². The van der Waals surface area contributed by atoms with Crippen LogP contribution in [0.5, 0.6) is 0 Å². The summed E-state index contributed by atoms with van der Waals surface area (Å²) in [6, 6.07) is 6.06. The lowest BCUT2D eigenvalue weighted by Crippen LogP contribution is -2.48. The van der Waals surface area contributed by atoms with Gasteiger partial charge in [-0.3, -0.25) is 20.0 Å². The number of hydrogen-bond donors (Lipinski definition) is 2. The third-order valence-corrected chi connectivity index (χ3v) is 3.69. The smallest absolute Gasteiger partial charge is 0.283 e. The van der Waals surface area contributed by atoms with E-state index in [1.165, 1.54) is 0 Å². The van der Waals surface area contributed by atoms with Crippen molar-refractivity contribution in [1.82, 2.24) is 20.2 Å². The Bertz CT molecular complexity index is 455. The van der Waals surface area contributed by atoms with Crippen molar-refractivity contribution in [1.29, 1.82) is 0 Å². The van der Waals surface area contributed by atoms with Crippen LogP contribution in [0.15, 0.2) is 18.2 Å². The van der Waals surface area contributed by atoms with Crippen LogP contribution in [0.2, 0.25) is 0 Å². The standard InChI is InChI=1S/C14H23N5O/c1-11(2)19-8-6-18(7-9-19)10-12-4-3-5-13(16-12)14(20)17-15/h3-5,11H,6-10,15H2,1-2H3,(H,17,20). The lowest BCUT2D eigenvalue weighted by molar-refractivity contribution is 0.0945. The van der Waals surface area contributed by atoms with Crippen molar-refractivity contribution in [3.05, 3.63) is 29.6 Å². The Morgan fingerprint density at radius 2 is 2.05 bits per heavy atom. The second kappa shape index (κ2) is 6.78. The molecule has 3 N–H and O–H groups in total. The summed E-state index contributed by atoms with van der Waals surface area (Å²) in [6.07, 6.45) is 0. The minimum Gasteiger partial charge on any atom is -0.298 e. The van der Waals surface area contributed by atoms with Gasteiger partial charge in [-0.05, 0) is 26.0 Å². The minimum atomic E-state index is -0.350. The van der Waals surface area contributed by atoms with E-state index in [9.17, 15) is 4.79 Å². The first-order valence-corrected chi connectivity index (χ1v) is 7.03. The number of nitrogens with zero attached hydrogens (tertiary/aromatic N) is 3. The highest BCUT2D eigenvalue weighted by molar-refractivity contribution is 5.91. The number of pyridine rings is 1. The average molecular weight is 277 g/mol. The number of nitrogens with two attached hydrogens (primary N) is 1. The van der Waals surface area contributed by atoms with Crippen LogP contribution in [-0.4, -0.2) is 52.9 Å². The summed E-state index contributed by atoms with van der Waals surface area (Å²) < 4.78 is 0. The van der Waals surface area contributed by atoms with E-state index in [4.69, 9.17) is 5.84 Å². The van der Waals surface area contributed by atoms with Gasteiger partial charge in [0.1, 0.15) is 5.69 Å². The number of piperazine rings is 1. The maximum absolute atomic E-state index is 11.5. The molecule has 6 heteroatoms. The maximum Gasteiger partial charge on any atom is 0.283 e. The highest BCUT2D eigenvalue weighted by Crippen LogP contribution is 2.09. The zero-order valence-corrected chi connectivity index (χ0v) is 12.2. The number of aromatic nitrogens is 1. The van der Waals surface area contributed by atoms with Crippen molar-refractivity contribution in [2.75, 3.05) is 26.2 Å². The van der Waals surface area contributed by atoms with Gasteiger partial charge < -0.3 is 0 Å². The molecular formula is C14H23N5O. The molecule has 20 heavy (non-hydrogen) atoms. The molecule has 1 aliphatic heterocycles. The van der Waals surface area contributed by atoms with Crippen molar-refractivity contribution < 1.29 is 4.79 Å².